The van der Waals surface area contributed by atoms with Crippen LogP contribution in [0.3, 0.4) is 0 Å². The van der Waals surface area contributed by atoms with E-state index in [9.17, 15) is 73.2 Å². The van der Waals surface area contributed by atoms with Crippen LogP contribution in [-0.4, -0.2) is 153 Å². The number of ketones is 1. The molecule has 2 aliphatic heterocycles. The number of carbonyl (C=O) groups is 11. The number of hydrogen-bond donors (Lipinski definition) is 10. The first kappa shape index (κ1) is 92.7. The van der Waals surface area contributed by atoms with Crippen LogP contribution in [-0.2, 0) is 100.0 Å². The van der Waals surface area contributed by atoms with Crippen molar-refractivity contribution < 1.29 is 87.7 Å². The van der Waals surface area contributed by atoms with Crippen LogP contribution in [0, 0.1) is 10.8 Å². The molecule has 0 saturated carbocycles. The Morgan fingerprint density at radius 3 is 1.67 bits per heavy atom. The van der Waals surface area contributed by atoms with E-state index in [1.807, 2.05) is 183 Å². The van der Waals surface area contributed by atoms with Gasteiger partial charge in [-0.2, -0.15) is 0 Å². The maximum Gasteiger partial charge on any atom is 0.410 e. The molecule has 0 spiro atoms. The lowest BCUT2D eigenvalue weighted by atomic mass is 9.86. The number of benzene rings is 11. The number of carbonyl (C=O) groups excluding carboxylic acids is 6. The average molecular weight is 1780 g/mol. The summed E-state index contributed by atoms with van der Waals surface area (Å²) >= 11 is 12.2. The van der Waals surface area contributed by atoms with E-state index in [-0.39, 0.29) is 88.7 Å². The fourth-order valence-corrected chi connectivity index (χ4v) is 15.7. The summed E-state index contributed by atoms with van der Waals surface area (Å²) in [5, 5.41) is 68.1. The highest BCUT2D eigenvalue weighted by Crippen LogP contribution is 2.41. The summed E-state index contributed by atoms with van der Waals surface area (Å²) in [5.74, 6) is -11.1. The van der Waals surface area contributed by atoms with Gasteiger partial charge >= 0.3 is 59.6 Å². The van der Waals surface area contributed by atoms with Gasteiger partial charge in [0.2, 0.25) is 0 Å². The average Bonchev–Trinajstić information content (AvgIpc) is 1.60. The number of aromatic carboxylic acids is 1. The van der Waals surface area contributed by atoms with E-state index >= 15 is 0 Å². The minimum absolute atomic E-state index is 0.0392. The number of piperidine rings is 1. The lowest BCUT2D eigenvalue weighted by Gasteiger charge is -2.33. The predicted molar refractivity (Wildman–Crippen MR) is 489 cm³/mol. The fraction of sp³-hybridized carbons (Fsp3) is 0.194. The van der Waals surface area contributed by atoms with Crippen molar-refractivity contribution in [3.8, 4) is 16.9 Å². The summed E-state index contributed by atoms with van der Waals surface area (Å²) in [6, 6.07) is 75.8. The van der Waals surface area contributed by atoms with Crippen molar-refractivity contribution in [1.82, 2.24) is 19.7 Å². The number of anilines is 5. The number of nitrogen functional groups attached to an aromatic ring is 1. The van der Waals surface area contributed by atoms with Gasteiger partial charge in [0, 0.05) is 85.8 Å². The topological polar surface area (TPSA) is 428 Å². The molecule has 29 nitrogen and oxygen atoms in total. The number of hydrogen-bond acceptors (Lipinski definition) is 16. The molecule has 1 aliphatic carbocycles. The van der Waals surface area contributed by atoms with Gasteiger partial charge in [0.15, 0.2) is 5.78 Å². The second-order valence-corrected chi connectivity index (χ2v) is 32.5. The van der Waals surface area contributed by atoms with Crippen LogP contribution in [0.15, 0.2) is 255 Å². The van der Waals surface area contributed by atoms with Crippen molar-refractivity contribution in [3.63, 3.8) is 0 Å². The van der Waals surface area contributed by atoms with Crippen LogP contribution < -0.4 is 30.5 Å². The van der Waals surface area contributed by atoms with Gasteiger partial charge in [-0.3, -0.25) is 54.4 Å². The van der Waals surface area contributed by atoms with Gasteiger partial charge in [-0.15, -0.1) is 0 Å². The van der Waals surface area contributed by atoms with Crippen LogP contribution in [0.4, 0.5) is 33.2 Å². The van der Waals surface area contributed by atoms with E-state index in [1.165, 1.54) is 26.8 Å². The third-order valence-corrected chi connectivity index (χ3v) is 21.9. The molecule has 3 heterocycles. The lowest BCUT2D eigenvalue weighted by molar-refractivity contribution is -0.158. The summed E-state index contributed by atoms with van der Waals surface area (Å²) < 4.78 is 11.6. The first-order valence-electron chi connectivity index (χ1n) is 40.8. The van der Waals surface area contributed by atoms with E-state index in [4.69, 9.17) is 54.3 Å². The van der Waals surface area contributed by atoms with E-state index in [2.05, 4.69) is 10.3 Å². The molecule has 1 unspecified atom stereocenters. The lowest BCUT2D eigenvalue weighted by Crippen LogP contribution is -2.50. The maximum atomic E-state index is 12.9. The van der Waals surface area contributed by atoms with Crippen molar-refractivity contribution in [1.29, 1.82) is 10.8 Å². The van der Waals surface area contributed by atoms with Gasteiger partial charge in [-0.25, -0.2) is 28.8 Å². The monoisotopic (exact) mass is 1780 g/mol. The third kappa shape index (κ3) is 23.8. The van der Waals surface area contributed by atoms with Crippen LogP contribution in [0.1, 0.15) is 101 Å². The number of para-hydroxylation sites is 2. The number of amidine groups is 2. The molecule has 0 bridgehead atoms. The van der Waals surface area contributed by atoms with Crippen molar-refractivity contribution in [2.45, 2.75) is 110 Å². The van der Waals surface area contributed by atoms with Crippen molar-refractivity contribution in [2.24, 2.45) is 5.73 Å². The highest BCUT2D eigenvalue weighted by molar-refractivity contribution is 6.43. The van der Waals surface area contributed by atoms with Crippen molar-refractivity contribution in [2.75, 3.05) is 33.1 Å². The minimum Gasteiger partial charge on any atom is -0.490 e. The van der Waals surface area contributed by atoms with Gasteiger partial charge in [-0.1, -0.05) is 205 Å². The predicted octanol–water partition coefficient (Wildman–Crippen LogP) is 16.2. The number of H-pyrrole nitrogens is 1. The van der Waals surface area contributed by atoms with Gasteiger partial charge in [0.25, 0.3) is 0 Å². The number of nitrogens with one attached hydrogen (secondary N) is 4. The molecule has 15 rings (SSSR count). The van der Waals surface area contributed by atoms with Crippen LogP contribution in [0.25, 0.3) is 32.8 Å². The molecule has 11 aromatic carbocycles. The zero-order valence-electron chi connectivity index (χ0n) is 70.4. The normalized spacial score (nSPS) is 13.2. The summed E-state index contributed by atoms with van der Waals surface area (Å²) in [7, 11) is 0. The van der Waals surface area contributed by atoms with E-state index in [0.717, 1.165) is 97.4 Å². The number of aliphatic carboxylic acids is 4. The number of aromatic nitrogens is 1. The Bertz CT molecular complexity index is 6260. The number of ether oxygens (including phenoxy) is 2. The highest BCUT2D eigenvalue weighted by atomic mass is 35.5. The zero-order chi connectivity index (χ0) is 92.5. The molecule has 12 aromatic rings. The Balaban J connectivity index is 0.000000159. The Morgan fingerprint density at radius 2 is 1.06 bits per heavy atom. The molecular weight excluding hydrogens is 1690 g/mol. The zero-order valence-corrected chi connectivity index (χ0v) is 72.0. The number of nitrogens with two attached hydrogens (primary N) is 1. The molecule has 0 radical (unpaired) electrons. The first-order valence-corrected chi connectivity index (χ1v) is 41.5. The summed E-state index contributed by atoms with van der Waals surface area (Å²) in [4.78, 5) is 144. The number of nitrogens with zero attached hydrogens (tertiary/aromatic N) is 6. The molecule has 31 heteroatoms. The number of halogens is 2. The molecule has 1 saturated heterocycles. The number of carboxylic acids is 5. The second-order valence-electron chi connectivity index (χ2n) is 31.6. The van der Waals surface area contributed by atoms with Crippen LogP contribution >= 0.6 is 23.2 Å². The van der Waals surface area contributed by atoms with Gasteiger partial charge in [0.05, 0.1) is 59.1 Å². The number of amides is 5. The molecule has 129 heavy (non-hydrogen) atoms. The minimum atomic E-state index is -1.72. The maximum absolute atomic E-state index is 12.9. The van der Waals surface area contributed by atoms with Crippen molar-refractivity contribution >= 4 is 150 Å². The highest BCUT2D eigenvalue weighted by Gasteiger charge is 2.38. The molecule has 660 valence electrons. The number of likely N-dealkylation sites (tertiary alicyclic amines) is 1. The SMILES string of the molecule is CC(=N)N1CCC(Oc2ccc(N(Cc3ccc4ccc(C(=N)N)cc4c3)C(=O)C(=O)O)cc2)CC1.CC(C)(C)OC(=O)N1Cc2ccc(Nc3ccccc3N(Cc3ccc(-c4ccccc4)cc3)C(=O)C(=O)O)cc2C1.O=C(O)C(=O)N(Cc1ccccc1)C1Cc2ccccc2CC1=O.O=C(O)C(=O)N(Cc1ccccc1)c1c(C(=O)O)[nH]c2cc(Cl)cc(Cl)c12. The van der Waals surface area contributed by atoms with E-state index in [0.29, 0.717) is 59.3 Å². The Morgan fingerprint density at radius 1 is 0.527 bits per heavy atom. The fourth-order valence-electron chi connectivity index (χ4n) is 15.1. The molecule has 1 fully saturated rings. The summed E-state index contributed by atoms with van der Waals surface area (Å²) in [5.41, 5.74) is 16.6. The van der Waals surface area contributed by atoms with E-state index in [1.54, 1.807) is 96.8 Å². The van der Waals surface area contributed by atoms with Crippen LogP contribution in [0.5, 0.6) is 5.75 Å². The van der Waals surface area contributed by atoms with Crippen molar-refractivity contribution in [3.05, 3.63) is 321 Å². The quantitative estimate of drug-likeness (QED) is 0.0204. The second kappa shape index (κ2) is 41.5. The van der Waals surface area contributed by atoms with Crippen LogP contribution in [0.2, 0.25) is 10.0 Å². The Kier molecular flexibility index (Phi) is 29.8. The third-order valence-electron chi connectivity index (χ3n) is 21.4. The summed E-state index contributed by atoms with van der Waals surface area (Å²) in [6.45, 7) is 9.82. The number of rotatable bonds is 19. The largest absolute Gasteiger partial charge is 0.490 e. The number of carboxylic acid groups (broad SMARTS) is 5. The molecule has 5 amide bonds. The number of Topliss-reactive ketones (excluding diaryl/α,β-unsaturated/α-hetero) is 1. The smallest absolute Gasteiger partial charge is 0.410 e. The Labute approximate surface area is 751 Å². The molecular formula is C98H91Cl2N11O18. The number of fused-ring (bicyclic) bond motifs is 4. The van der Waals surface area contributed by atoms with Gasteiger partial charge in [-0.05, 0) is 167 Å². The molecule has 1 atom stereocenters. The standard InChI is InChI=1S/C34H33N3O5.C27H29N5O4.C19H17NO4.C18H12Cl2N2O5/c1-34(2,3)42-33(41)36-21-26-17-18-28(19-27(26)22-36)35-29-11-7-8-12-30(29)37(31(38)32(39)40)20-23-13-15-25(16-14-23)24-9-5-4-6-10-24;1-17(28)31-12-10-24(11-13-31)36-23-8-6-22(7-9-23)32(26(33)27(34)35)16-18-2-3-19-4-5-20(25(29)30)15-21(19)14-18;21-17-11-15-9-5-4-8-14(15)10-16(17)20(18(22)19(23)24)12-13-6-2-1-3-7-13;19-10-6-11(20)13-12(7-10)21-14(17(24)25)15(13)22(16(23)18(26)27)8-9-4-2-1-3-5-9/h4-19,35H,20-22H2,1-3H3,(H,39,40);2-9,14-15,24,28H,10-13,16H2,1H3,(H3,29,30)(H,34,35);1-9,16H,10-12H2,(H,23,24);1-7,21H,8H2,(H,24,25)(H,26,27). The van der Waals surface area contributed by atoms with Gasteiger partial charge < -0.3 is 60.8 Å². The number of aromatic amines is 1. The van der Waals surface area contributed by atoms with E-state index < -0.39 is 65.1 Å². The Hall–Kier alpha value is -15.5. The molecule has 11 N–H and O–H groups in total. The summed E-state index contributed by atoms with van der Waals surface area (Å²) in [6.07, 6.45) is 1.88. The first-order chi connectivity index (χ1) is 61.6. The van der Waals surface area contributed by atoms with Gasteiger partial charge in [0.1, 0.15) is 29.0 Å². The molecule has 1 aromatic heterocycles. The molecule has 3 aliphatic rings.